The summed E-state index contributed by atoms with van der Waals surface area (Å²) in [5.41, 5.74) is 5.01. The van der Waals surface area contributed by atoms with Crippen LogP contribution in [0.1, 0.15) is 10.4 Å². The van der Waals surface area contributed by atoms with Crippen molar-refractivity contribution in [2.24, 2.45) is 5.73 Å². The Kier molecular flexibility index (Phi) is 2.01. The van der Waals surface area contributed by atoms with E-state index in [1.165, 1.54) is 12.1 Å². The van der Waals surface area contributed by atoms with Gasteiger partial charge in [0.1, 0.15) is 0 Å². The topological polar surface area (TPSA) is 72.2 Å². The number of nitrogens with one attached hydrogen (secondary N) is 1. The number of amides is 3. The highest BCUT2D eigenvalue weighted by Gasteiger charge is 2.05. The van der Waals surface area contributed by atoms with Crippen molar-refractivity contribution >= 4 is 11.9 Å². The molecule has 0 aliphatic heterocycles. The first-order chi connectivity index (χ1) is 6.13. The van der Waals surface area contributed by atoms with Crippen LogP contribution < -0.4 is 11.0 Å². The summed E-state index contributed by atoms with van der Waals surface area (Å²) in [6.07, 6.45) is 0. The predicted molar refractivity (Wildman–Crippen MR) is 43.5 cm³/mol. The van der Waals surface area contributed by atoms with Crippen LogP contribution in [0.4, 0.5) is 4.79 Å². The molecule has 0 heterocycles. The second kappa shape index (κ2) is 3.52. The van der Waals surface area contributed by atoms with Crippen LogP contribution in [0.2, 0.25) is 1.41 Å². The Hall–Kier alpha value is -1.84. The molecule has 1 aromatic carbocycles. The van der Waals surface area contributed by atoms with Gasteiger partial charge in [-0.25, -0.2) is 4.79 Å². The van der Waals surface area contributed by atoms with Crippen molar-refractivity contribution < 1.29 is 11.0 Å². The maximum atomic E-state index is 11.2. The number of carbonyl (C=O) groups excluding carboxylic acids is 2. The molecule has 1 aromatic rings. The molecule has 0 saturated heterocycles. The number of primary amides is 1. The first-order valence-electron chi connectivity index (χ1n) is 3.75. The van der Waals surface area contributed by atoms with Crippen molar-refractivity contribution in [2.45, 2.75) is 0 Å². The molecule has 0 fully saturated rings. The Labute approximate surface area is 70.8 Å². The van der Waals surface area contributed by atoms with E-state index in [1.807, 2.05) is 0 Å². The summed E-state index contributed by atoms with van der Waals surface area (Å²) in [5.74, 6) is -0.729. The van der Waals surface area contributed by atoms with Gasteiger partial charge < -0.3 is 5.73 Å². The average Bonchev–Trinajstić information content (AvgIpc) is 2.17. The third-order valence-corrected chi connectivity index (χ3v) is 1.23. The summed E-state index contributed by atoms with van der Waals surface area (Å²) in [4.78, 5) is 21.7. The van der Waals surface area contributed by atoms with Crippen molar-refractivity contribution in [1.82, 2.24) is 5.31 Å². The summed E-state index contributed by atoms with van der Waals surface area (Å²) < 4.78 is 6.98. The summed E-state index contributed by atoms with van der Waals surface area (Å²) in [6.45, 7) is 0. The fourth-order valence-corrected chi connectivity index (χ4v) is 0.745. The summed E-state index contributed by atoms with van der Waals surface area (Å²) in [5, 5.41) is 0.120. The van der Waals surface area contributed by atoms with Gasteiger partial charge in [0, 0.05) is 5.56 Å². The standard InChI is InChI=1S/C8H8N2O2/c9-8(12)10-7(11)6-4-2-1-3-5-6/h1-5H,(H3,9,10,11,12)/i/hD. The average molecular weight is 165 g/mol. The molecule has 0 spiro atoms. The van der Waals surface area contributed by atoms with Gasteiger partial charge in [-0.2, -0.15) is 0 Å². The summed E-state index contributed by atoms with van der Waals surface area (Å²) in [7, 11) is 0. The maximum absolute atomic E-state index is 11.2. The number of benzene rings is 1. The van der Waals surface area contributed by atoms with Crippen LogP contribution >= 0.6 is 0 Å². The van der Waals surface area contributed by atoms with Crippen LogP contribution in [0.15, 0.2) is 30.3 Å². The van der Waals surface area contributed by atoms with Crippen molar-refractivity contribution in [1.29, 1.82) is 0 Å². The van der Waals surface area contributed by atoms with Gasteiger partial charge in [0.2, 0.25) is 0 Å². The largest absolute Gasteiger partial charge is 0.351 e. The van der Waals surface area contributed by atoms with Gasteiger partial charge in [0.25, 0.3) is 5.91 Å². The number of rotatable bonds is 1. The lowest BCUT2D eigenvalue weighted by Gasteiger charge is -1.98. The third kappa shape index (κ3) is 2.09. The molecule has 0 unspecified atom stereocenters. The zero-order valence-electron chi connectivity index (χ0n) is 7.23. The zero-order valence-corrected chi connectivity index (χ0v) is 6.23. The van der Waals surface area contributed by atoms with Gasteiger partial charge in [-0.05, 0) is 12.1 Å². The van der Waals surface area contributed by atoms with E-state index in [-0.39, 0.29) is 10.9 Å². The second-order valence-corrected chi connectivity index (χ2v) is 2.12. The zero-order chi connectivity index (χ0) is 9.84. The van der Waals surface area contributed by atoms with E-state index in [4.69, 9.17) is 7.15 Å². The number of hydrogen-bond donors (Lipinski definition) is 2. The minimum atomic E-state index is -1.09. The van der Waals surface area contributed by atoms with Crippen molar-refractivity contribution in [3.05, 3.63) is 35.9 Å². The van der Waals surface area contributed by atoms with E-state index in [0.717, 1.165) is 0 Å². The molecule has 1 rings (SSSR count). The fourth-order valence-electron chi connectivity index (χ4n) is 0.745. The highest BCUT2D eigenvalue weighted by Crippen LogP contribution is 1.96. The Bertz CT molecular complexity index is 326. The van der Waals surface area contributed by atoms with Crippen LogP contribution in [0, 0.1) is 0 Å². The van der Waals surface area contributed by atoms with Gasteiger partial charge in [0.05, 0.1) is 0 Å². The number of carbonyl (C=O) groups is 2. The number of hydrogen-bond acceptors (Lipinski definition) is 2. The Balaban J connectivity index is 2.86. The Morgan fingerprint density at radius 1 is 1.33 bits per heavy atom. The molecule has 0 bridgehead atoms. The molecular formula is C8H8N2O2. The van der Waals surface area contributed by atoms with Gasteiger partial charge in [-0.1, -0.05) is 18.2 Å². The van der Waals surface area contributed by atoms with Crippen LogP contribution in [0.25, 0.3) is 0 Å². The first-order valence-corrected chi connectivity index (χ1v) is 3.30. The van der Waals surface area contributed by atoms with Crippen molar-refractivity contribution in [3.8, 4) is 0 Å². The first kappa shape index (κ1) is 6.84. The lowest BCUT2D eigenvalue weighted by Crippen LogP contribution is -2.34. The van der Waals surface area contributed by atoms with Crippen LogP contribution in [0.3, 0.4) is 0 Å². The minimum absolute atomic E-state index is 0.120. The molecular weight excluding hydrogens is 156 g/mol. The molecule has 62 valence electrons. The lowest BCUT2D eigenvalue weighted by atomic mass is 10.2. The Morgan fingerprint density at radius 3 is 2.42 bits per heavy atom. The molecule has 0 aliphatic rings. The van der Waals surface area contributed by atoms with Crippen LogP contribution in [0.5, 0.6) is 0 Å². The van der Waals surface area contributed by atoms with E-state index in [9.17, 15) is 9.59 Å². The van der Waals surface area contributed by atoms with Crippen LogP contribution in [-0.4, -0.2) is 11.9 Å². The number of nitrogens with two attached hydrogens (primary N) is 1. The van der Waals surface area contributed by atoms with E-state index in [0.29, 0.717) is 0 Å². The van der Waals surface area contributed by atoms with E-state index in [1.54, 1.807) is 18.2 Å². The Morgan fingerprint density at radius 2 is 1.92 bits per heavy atom. The molecule has 0 aliphatic carbocycles. The van der Waals surface area contributed by atoms with Crippen molar-refractivity contribution in [2.75, 3.05) is 0 Å². The quantitative estimate of drug-likeness (QED) is 0.635. The molecule has 0 radical (unpaired) electrons. The second-order valence-electron chi connectivity index (χ2n) is 2.12. The third-order valence-electron chi connectivity index (χ3n) is 1.23. The summed E-state index contributed by atoms with van der Waals surface area (Å²) >= 11 is 0. The number of urea groups is 1. The minimum Gasteiger partial charge on any atom is -0.351 e. The molecule has 0 atom stereocenters. The van der Waals surface area contributed by atoms with E-state index >= 15 is 0 Å². The number of imide groups is 1. The van der Waals surface area contributed by atoms with Gasteiger partial charge in [-0.15, -0.1) is 0 Å². The molecule has 4 nitrogen and oxygen atoms in total. The normalized spacial score (nSPS) is 10.2. The molecule has 12 heavy (non-hydrogen) atoms. The van der Waals surface area contributed by atoms with Gasteiger partial charge in [-0.3, -0.25) is 10.1 Å². The molecule has 3 amide bonds. The lowest BCUT2D eigenvalue weighted by molar-refractivity contribution is 0.0966. The van der Waals surface area contributed by atoms with Crippen LogP contribution in [-0.2, 0) is 0 Å². The molecule has 0 saturated carbocycles. The fraction of sp³-hybridized carbons (Fsp3) is 0. The summed E-state index contributed by atoms with van der Waals surface area (Å²) in [6, 6.07) is 6.94. The smallest absolute Gasteiger partial charge is 0.319 e. The van der Waals surface area contributed by atoms with Gasteiger partial charge in [0.15, 0.2) is 1.41 Å². The molecule has 0 aromatic heterocycles. The van der Waals surface area contributed by atoms with E-state index in [2.05, 4.69) is 0 Å². The predicted octanol–water partition coefficient (Wildman–Crippen LogP) is 0.495. The van der Waals surface area contributed by atoms with E-state index < -0.39 is 11.9 Å². The highest BCUT2D eigenvalue weighted by molar-refractivity contribution is 6.03. The highest BCUT2D eigenvalue weighted by atomic mass is 16.2. The molecule has 4 heteroatoms. The molecule has 3 N–H and O–H groups in total. The van der Waals surface area contributed by atoms with Crippen molar-refractivity contribution in [3.63, 3.8) is 0 Å². The monoisotopic (exact) mass is 165 g/mol. The SMILES string of the molecule is [2H]N(C(N)=O)C(=O)c1ccccc1. The van der Waals surface area contributed by atoms with Gasteiger partial charge >= 0.3 is 6.03 Å². The maximum Gasteiger partial charge on any atom is 0.319 e.